The van der Waals surface area contributed by atoms with Gasteiger partial charge in [-0.1, -0.05) is 63.0 Å². The number of aliphatic imine (C=N–C) groups is 2. The van der Waals surface area contributed by atoms with Crippen molar-refractivity contribution in [1.29, 1.82) is 0 Å². The minimum atomic E-state index is 0.203. The average Bonchev–Trinajstić information content (AvgIpc) is 2.72. The summed E-state index contributed by atoms with van der Waals surface area (Å²) in [7, 11) is 0. The molecular formula is C24H51N7. The number of unbranched alkanes of at least 4 members (excludes halogenated alkanes) is 10. The summed E-state index contributed by atoms with van der Waals surface area (Å²) in [4.78, 5) is 8.39. The number of guanidine groups is 2. The van der Waals surface area contributed by atoms with Gasteiger partial charge in [0.25, 0.3) is 0 Å². The van der Waals surface area contributed by atoms with Gasteiger partial charge in [-0.3, -0.25) is 9.98 Å². The topological polar surface area (TPSA) is 127 Å². The van der Waals surface area contributed by atoms with Crippen LogP contribution in [0.25, 0.3) is 0 Å². The first-order valence-electron chi connectivity index (χ1n) is 12.5. The van der Waals surface area contributed by atoms with Gasteiger partial charge in [-0.05, 0) is 59.0 Å². The molecule has 0 aromatic carbocycles. The molecular weight excluding hydrogens is 386 g/mol. The zero-order chi connectivity index (χ0) is 23.0. The largest absolute Gasteiger partial charge is 0.370 e. The van der Waals surface area contributed by atoms with Gasteiger partial charge in [0.1, 0.15) is 0 Å². The van der Waals surface area contributed by atoms with Gasteiger partial charge in [0.2, 0.25) is 0 Å². The number of nitrogens with zero attached hydrogens (tertiary/aromatic N) is 2. The third-order valence-corrected chi connectivity index (χ3v) is 5.10. The molecule has 0 fully saturated rings. The summed E-state index contributed by atoms with van der Waals surface area (Å²) >= 11 is 0. The molecule has 7 heteroatoms. The Kier molecular flexibility index (Phi) is 21.6. The lowest BCUT2D eigenvalue weighted by Crippen LogP contribution is -2.32. The molecule has 0 bridgehead atoms. The van der Waals surface area contributed by atoms with E-state index in [0.717, 1.165) is 52.0 Å². The van der Waals surface area contributed by atoms with Crippen LogP contribution in [0, 0.1) is 0 Å². The van der Waals surface area contributed by atoms with E-state index >= 15 is 0 Å². The van der Waals surface area contributed by atoms with E-state index in [1.165, 1.54) is 69.8 Å². The van der Waals surface area contributed by atoms with Gasteiger partial charge in [0.05, 0.1) is 0 Å². The van der Waals surface area contributed by atoms with E-state index in [1.807, 2.05) is 0 Å². The van der Waals surface area contributed by atoms with Gasteiger partial charge in [0, 0.05) is 19.6 Å². The minimum absolute atomic E-state index is 0.203. The van der Waals surface area contributed by atoms with Crippen molar-refractivity contribution in [3.8, 4) is 0 Å². The van der Waals surface area contributed by atoms with Gasteiger partial charge >= 0.3 is 0 Å². The fraction of sp³-hybridized carbons (Fsp3) is 0.833. The molecule has 0 atom stereocenters. The molecule has 0 aliphatic carbocycles. The van der Waals surface area contributed by atoms with Gasteiger partial charge < -0.3 is 27.8 Å². The Balaban J connectivity index is 3.22. The lowest BCUT2D eigenvalue weighted by atomic mass is 10.1. The van der Waals surface area contributed by atoms with E-state index in [9.17, 15) is 0 Å². The molecule has 0 aliphatic heterocycles. The van der Waals surface area contributed by atoms with Gasteiger partial charge in [-0.25, -0.2) is 0 Å². The molecule has 0 rings (SSSR count). The second-order valence-electron chi connectivity index (χ2n) is 8.56. The zero-order valence-corrected chi connectivity index (χ0v) is 20.4. The number of hydrogen-bond donors (Lipinski definition) is 5. The van der Waals surface area contributed by atoms with E-state index in [1.54, 1.807) is 0 Å². The lowest BCUT2D eigenvalue weighted by molar-refractivity contribution is 0.540. The predicted molar refractivity (Wildman–Crippen MR) is 137 cm³/mol. The van der Waals surface area contributed by atoms with E-state index in [0.29, 0.717) is 5.96 Å². The quantitative estimate of drug-likeness (QED) is 0.0808. The van der Waals surface area contributed by atoms with Crippen molar-refractivity contribution >= 4 is 11.9 Å². The van der Waals surface area contributed by atoms with E-state index < -0.39 is 0 Å². The molecule has 0 spiro atoms. The van der Waals surface area contributed by atoms with Gasteiger partial charge in [0.15, 0.2) is 11.9 Å². The van der Waals surface area contributed by atoms with Crippen molar-refractivity contribution in [2.75, 3.05) is 32.7 Å². The first kappa shape index (κ1) is 29.2. The maximum Gasteiger partial charge on any atom is 0.188 e. The first-order valence-corrected chi connectivity index (χ1v) is 12.5. The van der Waals surface area contributed by atoms with Crippen LogP contribution in [0.4, 0.5) is 0 Å². The lowest BCUT2D eigenvalue weighted by Gasteiger charge is -2.05. The highest BCUT2D eigenvalue weighted by molar-refractivity contribution is 5.77. The van der Waals surface area contributed by atoms with Gasteiger partial charge in [-0.15, -0.1) is 0 Å². The van der Waals surface area contributed by atoms with Crippen LogP contribution in [-0.4, -0.2) is 44.6 Å². The fourth-order valence-corrected chi connectivity index (χ4v) is 3.29. The predicted octanol–water partition coefficient (Wildman–Crippen LogP) is 3.79. The zero-order valence-electron chi connectivity index (χ0n) is 20.4. The van der Waals surface area contributed by atoms with Crippen LogP contribution in [-0.2, 0) is 0 Å². The summed E-state index contributed by atoms with van der Waals surface area (Å²) in [5, 5.41) is 6.73. The molecule has 0 unspecified atom stereocenters. The standard InChI is InChI=1S/C24H51N7/c1-22(2)16-15-21-31-24(27)30-20-14-9-5-3-4-7-11-17-28-18-12-8-6-10-13-19-29-23(25)26/h16,28H,3-15,17-21H2,1-2H3,(H4,25,26,29)(H3,27,30,31). The Hall–Kier alpha value is -1.76. The van der Waals surface area contributed by atoms with Crippen LogP contribution in [0.2, 0.25) is 0 Å². The van der Waals surface area contributed by atoms with Crippen LogP contribution in [0.15, 0.2) is 21.6 Å². The summed E-state index contributed by atoms with van der Waals surface area (Å²) in [6.07, 6.45) is 18.3. The second-order valence-corrected chi connectivity index (χ2v) is 8.56. The first-order chi connectivity index (χ1) is 15.0. The molecule has 8 N–H and O–H groups in total. The highest BCUT2D eigenvalue weighted by Gasteiger charge is 1.95. The average molecular weight is 438 g/mol. The molecule has 7 nitrogen and oxygen atoms in total. The van der Waals surface area contributed by atoms with Crippen LogP contribution in [0.5, 0.6) is 0 Å². The number of nitrogens with two attached hydrogens (primary N) is 3. The Morgan fingerprint density at radius 3 is 1.65 bits per heavy atom. The Morgan fingerprint density at radius 2 is 1.13 bits per heavy atom. The molecule has 0 aromatic rings. The monoisotopic (exact) mass is 437 g/mol. The molecule has 182 valence electrons. The molecule has 0 saturated carbocycles. The van der Waals surface area contributed by atoms with Crippen LogP contribution in [0.1, 0.15) is 97.3 Å². The minimum Gasteiger partial charge on any atom is -0.370 e. The van der Waals surface area contributed by atoms with Crippen molar-refractivity contribution in [1.82, 2.24) is 10.6 Å². The van der Waals surface area contributed by atoms with Crippen LogP contribution < -0.4 is 27.8 Å². The molecule has 0 aliphatic rings. The summed E-state index contributed by atoms with van der Waals surface area (Å²) in [5.74, 6) is 0.784. The summed E-state index contributed by atoms with van der Waals surface area (Å²) < 4.78 is 0. The van der Waals surface area contributed by atoms with E-state index in [-0.39, 0.29) is 5.96 Å². The molecule has 0 saturated heterocycles. The summed E-state index contributed by atoms with van der Waals surface area (Å²) in [6.45, 7) is 8.97. The summed E-state index contributed by atoms with van der Waals surface area (Å²) in [6, 6.07) is 0. The third kappa shape index (κ3) is 26.2. The van der Waals surface area contributed by atoms with Crippen LogP contribution >= 0.6 is 0 Å². The third-order valence-electron chi connectivity index (χ3n) is 5.10. The SMILES string of the molecule is CC(C)=CCCNC(N)=NCCCCCCCCCNCCCCCCCN=C(N)N. The molecule has 0 amide bonds. The highest BCUT2D eigenvalue weighted by atomic mass is 15.1. The highest BCUT2D eigenvalue weighted by Crippen LogP contribution is 2.07. The molecule has 0 heterocycles. The van der Waals surface area contributed by atoms with Crippen molar-refractivity contribution < 1.29 is 0 Å². The maximum absolute atomic E-state index is 5.87. The maximum atomic E-state index is 5.87. The number of rotatable bonds is 21. The Bertz CT molecular complexity index is 478. The molecule has 0 radical (unpaired) electrons. The number of allylic oxidation sites excluding steroid dienone is 1. The van der Waals surface area contributed by atoms with Gasteiger partial charge in [-0.2, -0.15) is 0 Å². The van der Waals surface area contributed by atoms with Crippen molar-refractivity contribution in [3.63, 3.8) is 0 Å². The van der Waals surface area contributed by atoms with Crippen molar-refractivity contribution in [2.45, 2.75) is 97.3 Å². The molecule has 31 heavy (non-hydrogen) atoms. The Labute approximate surface area is 191 Å². The van der Waals surface area contributed by atoms with Crippen LogP contribution in [0.3, 0.4) is 0 Å². The Morgan fingerprint density at radius 1 is 0.645 bits per heavy atom. The van der Waals surface area contributed by atoms with E-state index in [2.05, 4.69) is 40.5 Å². The van der Waals surface area contributed by atoms with Crippen molar-refractivity contribution in [2.24, 2.45) is 27.2 Å². The number of nitrogens with one attached hydrogen (secondary N) is 2. The molecule has 0 aromatic heterocycles. The second kappa shape index (κ2) is 22.9. The van der Waals surface area contributed by atoms with E-state index in [4.69, 9.17) is 17.2 Å². The number of hydrogen-bond acceptors (Lipinski definition) is 3. The van der Waals surface area contributed by atoms with Crippen molar-refractivity contribution in [3.05, 3.63) is 11.6 Å². The normalized spacial score (nSPS) is 11.4. The summed E-state index contributed by atoms with van der Waals surface area (Å²) in [5.41, 5.74) is 17.8. The smallest absolute Gasteiger partial charge is 0.188 e. The fourth-order valence-electron chi connectivity index (χ4n) is 3.29.